The van der Waals surface area contributed by atoms with Crippen LogP contribution in [0.25, 0.3) is 0 Å². The number of hydrogen-bond acceptors (Lipinski definition) is 5. The number of thiazole rings is 1. The molecule has 1 N–H and O–H groups in total. The first kappa shape index (κ1) is 16.4. The molecule has 1 aromatic carbocycles. The Morgan fingerprint density at radius 1 is 1.45 bits per heavy atom. The van der Waals surface area contributed by atoms with E-state index in [1.54, 1.807) is 12.3 Å². The van der Waals surface area contributed by atoms with Gasteiger partial charge in [-0.2, -0.15) is 0 Å². The minimum Gasteiger partial charge on any atom is -0.466 e. The monoisotopic (exact) mass is 342 g/mol. The average Bonchev–Trinajstić information content (AvgIpc) is 2.85. The summed E-state index contributed by atoms with van der Waals surface area (Å²) in [7, 11) is 0. The molecule has 116 valence electrons. The lowest BCUT2D eigenvalue weighted by molar-refractivity contribution is -0.142. The summed E-state index contributed by atoms with van der Waals surface area (Å²) in [6, 6.07) is 3.98. The van der Waals surface area contributed by atoms with Crippen molar-refractivity contribution in [3.63, 3.8) is 0 Å². The summed E-state index contributed by atoms with van der Waals surface area (Å²) in [6.45, 7) is 2.00. The van der Waals surface area contributed by atoms with Crippen molar-refractivity contribution < 1.29 is 18.7 Å². The molecule has 0 saturated heterocycles. The van der Waals surface area contributed by atoms with Crippen LogP contribution in [-0.4, -0.2) is 23.5 Å². The van der Waals surface area contributed by atoms with Crippen molar-refractivity contribution in [2.45, 2.75) is 13.3 Å². The van der Waals surface area contributed by atoms with Crippen LogP contribution in [0.5, 0.6) is 0 Å². The van der Waals surface area contributed by atoms with Crippen molar-refractivity contribution in [3.8, 4) is 0 Å². The quantitative estimate of drug-likeness (QED) is 0.846. The van der Waals surface area contributed by atoms with Crippen LogP contribution in [-0.2, 0) is 16.0 Å². The molecule has 0 unspecified atom stereocenters. The largest absolute Gasteiger partial charge is 0.466 e. The third kappa shape index (κ3) is 4.02. The lowest BCUT2D eigenvalue weighted by Gasteiger charge is -2.05. The van der Waals surface area contributed by atoms with Gasteiger partial charge in [-0.15, -0.1) is 11.3 Å². The van der Waals surface area contributed by atoms with Crippen LogP contribution in [0, 0.1) is 5.82 Å². The number of benzene rings is 1. The Bertz CT molecular complexity index is 685. The third-order valence-corrected chi connectivity index (χ3v) is 3.71. The molecular formula is C14H12ClFN2O3S. The smallest absolute Gasteiger partial charge is 0.311 e. The molecule has 0 spiro atoms. The molecule has 1 aromatic heterocycles. The van der Waals surface area contributed by atoms with Gasteiger partial charge in [0.1, 0.15) is 5.82 Å². The van der Waals surface area contributed by atoms with E-state index in [4.69, 9.17) is 16.3 Å². The van der Waals surface area contributed by atoms with Crippen LogP contribution in [0.1, 0.15) is 23.0 Å². The normalized spacial score (nSPS) is 10.3. The lowest BCUT2D eigenvalue weighted by Crippen LogP contribution is -2.14. The van der Waals surface area contributed by atoms with Gasteiger partial charge in [-0.05, 0) is 19.1 Å². The fourth-order valence-corrected chi connectivity index (χ4v) is 2.63. The Morgan fingerprint density at radius 2 is 2.23 bits per heavy atom. The van der Waals surface area contributed by atoms with Crippen molar-refractivity contribution in [1.29, 1.82) is 0 Å². The Morgan fingerprint density at radius 3 is 2.91 bits per heavy atom. The van der Waals surface area contributed by atoms with E-state index in [-0.39, 0.29) is 22.1 Å². The summed E-state index contributed by atoms with van der Waals surface area (Å²) in [5.41, 5.74) is 0.227. The molecule has 0 bridgehead atoms. The zero-order valence-electron chi connectivity index (χ0n) is 11.6. The standard InChI is InChI=1S/C14H12ClFN2O3S/c1-2-21-11(19)6-8-7-22-14(17-8)18-13(20)12-9(15)4-3-5-10(12)16/h3-5,7H,2,6H2,1H3,(H,17,18,20). The molecular weight excluding hydrogens is 331 g/mol. The molecule has 22 heavy (non-hydrogen) atoms. The predicted molar refractivity (Wildman–Crippen MR) is 81.8 cm³/mol. The number of carbonyl (C=O) groups is 2. The molecule has 1 amide bonds. The molecule has 8 heteroatoms. The van der Waals surface area contributed by atoms with Crippen molar-refractivity contribution in [1.82, 2.24) is 4.98 Å². The van der Waals surface area contributed by atoms with Gasteiger partial charge >= 0.3 is 5.97 Å². The van der Waals surface area contributed by atoms with Gasteiger partial charge in [0, 0.05) is 5.38 Å². The van der Waals surface area contributed by atoms with E-state index < -0.39 is 17.7 Å². The van der Waals surface area contributed by atoms with E-state index >= 15 is 0 Å². The number of anilines is 1. The summed E-state index contributed by atoms with van der Waals surface area (Å²) >= 11 is 6.95. The second kappa shape index (κ2) is 7.33. The van der Waals surface area contributed by atoms with Gasteiger partial charge in [-0.1, -0.05) is 17.7 Å². The topological polar surface area (TPSA) is 68.3 Å². The zero-order valence-corrected chi connectivity index (χ0v) is 13.1. The minimum atomic E-state index is -0.715. The van der Waals surface area contributed by atoms with Crippen LogP contribution < -0.4 is 5.32 Å². The second-order valence-electron chi connectivity index (χ2n) is 4.18. The van der Waals surface area contributed by atoms with Crippen LogP contribution in [0.15, 0.2) is 23.6 Å². The van der Waals surface area contributed by atoms with Crippen LogP contribution in [0.3, 0.4) is 0 Å². The highest BCUT2D eigenvalue weighted by Gasteiger charge is 2.17. The number of aromatic nitrogens is 1. The van der Waals surface area contributed by atoms with Gasteiger partial charge in [0.05, 0.1) is 29.3 Å². The summed E-state index contributed by atoms with van der Waals surface area (Å²) in [5.74, 6) is -1.81. The number of hydrogen-bond donors (Lipinski definition) is 1. The van der Waals surface area contributed by atoms with E-state index in [2.05, 4.69) is 10.3 Å². The number of nitrogens with zero attached hydrogens (tertiary/aromatic N) is 1. The first-order valence-corrected chi connectivity index (χ1v) is 7.62. The number of esters is 1. The van der Waals surface area contributed by atoms with Crippen molar-refractivity contribution in [3.05, 3.63) is 45.7 Å². The summed E-state index contributed by atoms with van der Waals surface area (Å²) < 4.78 is 18.5. The number of ether oxygens (including phenoxy) is 1. The van der Waals surface area contributed by atoms with E-state index in [9.17, 15) is 14.0 Å². The highest BCUT2D eigenvalue weighted by atomic mass is 35.5. The molecule has 0 aliphatic rings. The second-order valence-corrected chi connectivity index (χ2v) is 5.44. The highest BCUT2D eigenvalue weighted by molar-refractivity contribution is 7.14. The zero-order chi connectivity index (χ0) is 16.1. The number of nitrogens with one attached hydrogen (secondary N) is 1. The Kier molecular flexibility index (Phi) is 5.46. The number of halogens is 2. The summed E-state index contributed by atoms with van der Waals surface area (Å²) in [4.78, 5) is 27.4. The van der Waals surface area contributed by atoms with E-state index in [1.165, 1.54) is 12.1 Å². The molecule has 2 rings (SSSR count). The van der Waals surface area contributed by atoms with Crippen LogP contribution in [0.2, 0.25) is 5.02 Å². The molecule has 5 nitrogen and oxygen atoms in total. The van der Waals surface area contributed by atoms with Crippen molar-refractivity contribution >= 4 is 39.9 Å². The van der Waals surface area contributed by atoms with Gasteiger partial charge in [-0.3, -0.25) is 14.9 Å². The number of rotatable bonds is 5. The fraction of sp³-hybridized carbons (Fsp3) is 0.214. The molecule has 0 aliphatic heterocycles. The van der Waals surface area contributed by atoms with E-state index in [1.807, 2.05) is 0 Å². The molecule has 2 aromatic rings. The number of carbonyl (C=O) groups excluding carboxylic acids is 2. The number of amides is 1. The molecule has 0 fully saturated rings. The SMILES string of the molecule is CCOC(=O)Cc1csc(NC(=O)c2c(F)cccc2Cl)n1. The lowest BCUT2D eigenvalue weighted by atomic mass is 10.2. The molecule has 0 radical (unpaired) electrons. The molecule has 0 aliphatic carbocycles. The first-order chi connectivity index (χ1) is 10.5. The average molecular weight is 343 g/mol. The summed E-state index contributed by atoms with van der Waals surface area (Å²) in [5, 5.41) is 4.35. The Hall–Kier alpha value is -1.99. The minimum absolute atomic E-state index is 0.0145. The highest BCUT2D eigenvalue weighted by Crippen LogP contribution is 2.22. The van der Waals surface area contributed by atoms with Gasteiger partial charge < -0.3 is 4.74 Å². The van der Waals surface area contributed by atoms with Crippen molar-refractivity contribution in [2.24, 2.45) is 0 Å². The van der Waals surface area contributed by atoms with E-state index in [0.717, 1.165) is 17.4 Å². The Labute approximate surface area is 135 Å². The van der Waals surface area contributed by atoms with Gasteiger partial charge in [0.25, 0.3) is 5.91 Å². The van der Waals surface area contributed by atoms with E-state index in [0.29, 0.717) is 12.3 Å². The van der Waals surface area contributed by atoms with Crippen LogP contribution >= 0.6 is 22.9 Å². The van der Waals surface area contributed by atoms with Gasteiger partial charge in [0.15, 0.2) is 5.13 Å². The van der Waals surface area contributed by atoms with Gasteiger partial charge in [-0.25, -0.2) is 9.37 Å². The fourth-order valence-electron chi connectivity index (χ4n) is 1.68. The predicted octanol–water partition coefficient (Wildman–Crippen LogP) is 3.29. The maximum absolute atomic E-state index is 13.6. The first-order valence-electron chi connectivity index (χ1n) is 6.36. The maximum Gasteiger partial charge on any atom is 0.311 e. The molecule has 1 heterocycles. The van der Waals surface area contributed by atoms with Crippen molar-refractivity contribution in [2.75, 3.05) is 11.9 Å². The Balaban J connectivity index is 2.07. The molecule has 0 saturated carbocycles. The molecule has 0 atom stereocenters. The summed E-state index contributed by atoms with van der Waals surface area (Å²) in [6.07, 6.45) is 0.0145. The maximum atomic E-state index is 13.6. The van der Waals surface area contributed by atoms with Crippen LogP contribution in [0.4, 0.5) is 9.52 Å². The third-order valence-electron chi connectivity index (χ3n) is 2.59. The van der Waals surface area contributed by atoms with Gasteiger partial charge in [0.2, 0.25) is 0 Å².